The predicted octanol–water partition coefficient (Wildman–Crippen LogP) is 2.01. The zero-order valence-corrected chi connectivity index (χ0v) is 11.4. The maximum Gasteiger partial charge on any atom is 0.411 e. The molecule has 1 aliphatic heterocycles. The summed E-state index contributed by atoms with van der Waals surface area (Å²) in [5.74, 6) is -0.0492. The summed E-state index contributed by atoms with van der Waals surface area (Å²) in [5, 5.41) is 2.62. The van der Waals surface area contributed by atoms with Gasteiger partial charge in [-0.2, -0.15) is 0 Å². The number of anilines is 1. The van der Waals surface area contributed by atoms with Crippen molar-refractivity contribution in [2.45, 2.75) is 20.3 Å². The van der Waals surface area contributed by atoms with Crippen LogP contribution in [0.2, 0.25) is 0 Å². The Hall–Kier alpha value is -2.50. The zero-order chi connectivity index (χ0) is 14.5. The Labute approximate surface area is 117 Å². The third-order valence-corrected chi connectivity index (χ3v) is 2.87. The Kier molecular flexibility index (Phi) is 4.24. The van der Waals surface area contributed by atoms with Crippen LogP contribution in [-0.4, -0.2) is 18.6 Å². The van der Waals surface area contributed by atoms with E-state index in [0.717, 1.165) is 16.8 Å². The van der Waals surface area contributed by atoms with Crippen LogP contribution < -0.4 is 16.2 Å². The smallest absolute Gasteiger partial charge is 0.411 e. The Bertz CT molecular complexity index is 549. The van der Waals surface area contributed by atoms with Crippen molar-refractivity contribution in [3.8, 4) is 0 Å². The van der Waals surface area contributed by atoms with Crippen LogP contribution in [-0.2, 0) is 9.53 Å². The quantitative estimate of drug-likeness (QED) is 0.788. The lowest BCUT2D eigenvalue weighted by molar-refractivity contribution is -0.121. The lowest BCUT2D eigenvalue weighted by atomic mass is 10.0. The molecule has 6 nitrogen and oxygen atoms in total. The van der Waals surface area contributed by atoms with E-state index >= 15 is 0 Å². The molecule has 3 N–H and O–H groups in total. The fourth-order valence-corrected chi connectivity index (χ4v) is 1.94. The van der Waals surface area contributed by atoms with Gasteiger partial charge in [-0.1, -0.05) is 12.1 Å². The number of ether oxygens (including phenoxy) is 1. The van der Waals surface area contributed by atoms with E-state index in [2.05, 4.69) is 16.2 Å². The van der Waals surface area contributed by atoms with Gasteiger partial charge in [-0.15, -0.1) is 0 Å². The topological polar surface area (TPSA) is 79.5 Å². The molecule has 0 aliphatic carbocycles. The molecule has 0 bridgehead atoms. The van der Waals surface area contributed by atoms with Gasteiger partial charge in [0.15, 0.2) is 0 Å². The molecule has 0 unspecified atom stereocenters. The van der Waals surface area contributed by atoms with Gasteiger partial charge in [0, 0.05) is 5.69 Å². The van der Waals surface area contributed by atoms with Gasteiger partial charge in [0.1, 0.15) is 0 Å². The Morgan fingerprint density at radius 2 is 2.00 bits per heavy atom. The van der Waals surface area contributed by atoms with E-state index < -0.39 is 6.09 Å². The van der Waals surface area contributed by atoms with E-state index in [9.17, 15) is 9.59 Å². The summed E-state index contributed by atoms with van der Waals surface area (Å²) in [6.45, 7) is 3.99. The number of amides is 2. The van der Waals surface area contributed by atoms with Gasteiger partial charge in [0.2, 0.25) is 5.91 Å². The number of carbonyl (C=O) groups excluding carboxylic acids is 2. The minimum atomic E-state index is -0.473. The molecule has 106 valence electrons. The van der Waals surface area contributed by atoms with E-state index in [1.54, 1.807) is 19.1 Å². The van der Waals surface area contributed by atoms with Gasteiger partial charge in [-0.25, -0.2) is 4.79 Å². The van der Waals surface area contributed by atoms with Crippen molar-refractivity contribution in [3.63, 3.8) is 0 Å². The van der Waals surface area contributed by atoms with Gasteiger partial charge in [-0.3, -0.25) is 21.0 Å². The van der Waals surface area contributed by atoms with E-state index in [1.807, 2.05) is 19.1 Å². The molecule has 0 aromatic heterocycles. The standard InChI is InChI=1S/C14H17N3O3/c1-3-20-14(19)15-11-6-4-10(5-7-11)13-9(2)8-12(18)16-17-13/h4-7,17H,3,8H2,1-2H3,(H,15,19)(H,16,18). The molecule has 0 spiro atoms. The van der Waals surface area contributed by atoms with E-state index in [1.165, 1.54) is 0 Å². The molecule has 0 fully saturated rings. The number of hydrogen-bond donors (Lipinski definition) is 3. The number of hydrogen-bond acceptors (Lipinski definition) is 4. The molecule has 0 atom stereocenters. The summed E-state index contributed by atoms with van der Waals surface area (Å²) in [4.78, 5) is 22.5. The van der Waals surface area contributed by atoms with Gasteiger partial charge < -0.3 is 4.74 Å². The van der Waals surface area contributed by atoms with E-state index in [-0.39, 0.29) is 5.91 Å². The maximum atomic E-state index is 11.3. The molecule has 1 heterocycles. The minimum Gasteiger partial charge on any atom is -0.450 e. The zero-order valence-electron chi connectivity index (χ0n) is 11.4. The summed E-state index contributed by atoms with van der Waals surface area (Å²) in [7, 11) is 0. The number of benzene rings is 1. The number of rotatable bonds is 3. The van der Waals surface area contributed by atoms with Gasteiger partial charge >= 0.3 is 6.09 Å². The van der Waals surface area contributed by atoms with Crippen molar-refractivity contribution in [1.29, 1.82) is 0 Å². The normalized spacial score (nSPS) is 14.4. The summed E-state index contributed by atoms with van der Waals surface area (Å²) in [5.41, 5.74) is 8.92. The predicted molar refractivity (Wildman–Crippen MR) is 75.6 cm³/mol. The number of hydrazine groups is 1. The van der Waals surface area contributed by atoms with Crippen LogP contribution in [0.5, 0.6) is 0 Å². The second-order valence-electron chi connectivity index (χ2n) is 4.43. The molecule has 1 aromatic rings. The summed E-state index contributed by atoms with van der Waals surface area (Å²) in [6.07, 6.45) is -0.0933. The highest BCUT2D eigenvalue weighted by atomic mass is 16.5. The van der Waals surface area contributed by atoms with Gasteiger partial charge in [0.25, 0.3) is 0 Å². The average molecular weight is 275 g/mol. The number of carbonyl (C=O) groups is 2. The molecule has 0 saturated carbocycles. The van der Waals surface area contributed by atoms with Crippen molar-refractivity contribution >= 4 is 23.4 Å². The SMILES string of the molecule is CCOC(=O)Nc1ccc(C2=C(C)CC(=O)NN2)cc1. The highest BCUT2D eigenvalue weighted by molar-refractivity contribution is 5.87. The minimum absolute atomic E-state index is 0.0492. The molecule has 0 radical (unpaired) electrons. The van der Waals surface area contributed by atoms with E-state index in [4.69, 9.17) is 4.74 Å². The average Bonchev–Trinajstić information content (AvgIpc) is 2.40. The van der Waals surface area contributed by atoms with Crippen molar-refractivity contribution in [2.24, 2.45) is 0 Å². The summed E-state index contributed by atoms with van der Waals surface area (Å²) in [6, 6.07) is 7.30. The molecular weight excluding hydrogens is 258 g/mol. The second kappa shape index (κ2) is 6.10. The van der Waals surface area contributed by atoms with Gasteiger partial charge in [-0.05, 0) is 37.1 Å². The Morgan fingerprint density at radius 1 is 1.30 bits per heavy atom. The number of nitrogens with one attached hydrogen (secondary N) is 3. The first-order chi connectivity index (χ1) is 9.60. The molecule has 2 amide bonds. The lowest BCUT2D eigenvalue weighted by Gasteiger charge is -2.21. The molecule has 1 aromatic carbocycles. The molecule has 0 saturated heterocycles. The fourth-order valence-electron chi connectivity index (χ4n) is 1.94. The van der Waals surface area contributed by atoms with Crippen LogP contribution >= 0.6 is 0 Å². The molecule has 2 rings (SSSR count). The Balaban J connectivity index is 2.10. The monoisotopic (exact) mass is 275 g/mol. The molecule has 6 heteroatoms. The third kappa shape index (κ3) is 3.28. The van der Waals surface area contributed by atoms with Crippen LogP contribution in [0.25, 0.3) is 5.70 Å². The van der Waals surface area contributed by atoms with Crippen LogP contribution in [0.15, 0.2) is 29.8 Å². The molecule has 1 aliphatic rings. The van der Waals surface area contributed by atoms with Crippen LogP contribution in [0.1, 0.15) is 25.8 Å². The lowest BCUT2D eigenvalue weighted by Crippen LogP contribution is -2.40. The van der Waals surface area contributed by atoms with Crippen molar-refractivity contribution in [1.82, 2.24) is 10.9 Å². The second-order valence-corrected chi connectivity index (χ2v) is 4.43. The van der Waals surface area contributed by atoms with Crippen molar-refractivity contribution in [3.05, 3.63) is 35.4 Å². The largest absolute Gasteiger partial charge is 0.450 e. The Morgan fingerprint density at radius 3 is 2.60 bits per heavy atom. The first kappa shape index (κ1) is 13.9. The summed E-state index contributed by atoms with van der Waals surface area (Å²) >= 11 is 0. The fraction of sp³-hybridized carbons (Fsp3) is 0.286. The highest BCUT2D eigenvalue weighted by Gasteiger charge is 2.15. The third-order valence-electron chi connectivity index (χ3n) is 2.87. The maximum absolute atomic E-state index is 11.3. The van der Waals surface area contributed by atoms with Crippen LogP contribution in [0.3, 0.4) is 0 Å². The molecular formula is C14H17N3O3. The van der Waals surface area contributed by atoms with Crippen LogP contribution in [0, 0.1) is 0 Å². The highest BCUT2D eigenvalue weighted by Crippen LogP contribution is 2.21. The first-order valence-corrected chi connectivity index (χ1v) is 6.39. The van der Waals surface area contributed by atoms with Crippen molar-refractivity contribution < 1.29 is 14.3 Å². The van der Waals surface area contributed by atoms with E-state index in [0.29, 0.717) is 18.7 Å². The molecule has 20 heavy (non-hydrogen) atoms. The summed E-state index contributed by atoms with van der Waals surface area (Å²) < 4.78 is 4.80. The first-order valence-electron chi connectivity index (χ1n) is 6.39. The van der Waals surface area contributed by atoms with Crippen molar-refractivity contribution in [2.75, 3.05) is 11.9 Å². The van der Waals surface area contributed by atoms with Gasteiger partial charge in [0.05, 0.1) is 18.7 Å². The van der Waals surface area contributed by atoms with Crippen LogP contribution in [0.4, 0.5) is 10.5 Å².